The van der Waals surface area contributed by atoms with Crippen LogP contribution in [0.4, 0.5) is 5.82 Å². The molecule has 0 aromatic carbocycles. The van der Waals surface area contributed by atoms with Crippen LogP contribution in [0.25, 0.3) is 0 Å². The van der Waals surface area contributed by atoms with E-state index in [2.05, 4.69) is 15.3 Å². The van der Waals surface area contributed by atoms with Gasteiger partial charge in [-0.05, 0) is 26.7 Å². The lowest BCUT2D eigenvalue weighted by atomic mass is 10.1. The smallest absolute Gasteiger partial charge is 0.144 e. The molecule has 0 bridgehead atoms. The van der Waals surface area contributed by atoms with E-state index in [-0.39, 0.29) is 6.10 Å². The number of rotatable bonds is 3. The summed E-state index contributed by atoms with van der Waals surface area (Å²) in [6, 6.07) is 0. The Bertz CT molecular complexity index is 367. The average Bonchev–Trinajstić information content (AvgIpc) is 2.66. The molecule has 2 N–H and O–H groups in total. The van der Waals surface area contributed by atoms with Gasteiger partial charge in [0, 0.05) is 12.5 Å². The lowest BCUT2D eigenvalue weighted by Gasteiger charge is -2.15. The van der Waals surface area contributed by atoms with Crippen LogP contribution in [0, 0.1) is 19.8 Å². The largest absolute Gasteiger partial charge is 0.393 e. The fraction of sp³-hybridized carbons (Fsp3) is 0.667. The quantitative estimate of drug-likeness (QED) is 0.815. The number of nitrogens with one attached hydrogen (secondary N) is 1. The van der Waals surface area contributed by atoms with Gasteiger partial charge in [-0.15, -0.1) is 0 Å². The van der Waals surface area contributed by atoms with Crippen molar-refractivity contribution in [3.63, 3.8) is 0 Å². The molecule has 1 heterocycles. The molecule has 4 nitrogen and oxygen atoms in total. The molecule has 1 aliphatic carbocycles. The molecular formula is C12H19N3O. The minimum atomic E-state index is -0.146. The highest BCUT2D eigenvalue weighted by molar-refractivity contribution is 5.33. The maximum atomic E-state index is 9.69. The Morgan fingerprint density at radius 2 is 2.19 bits per heavy atom. The van der Waals surface area contributed by atoms with Crippen LogP contribution in [0.5, 0.6) is 0 Å². The Hall–Kier alpha value is -1.16. The van der Waals surface area contributed by atoms with Crippen molar-refractivity contribution < 1.29 is 5.11 Å². The van der Waals surface area contributed by atoms with Gasteiger partial charge in [-0.25, -0.2) is 4.98 Å². The number of aromatic nitrogens is 2. The highest BCUT2D eigenvalue weighted by atomic mass is 16.3. The number of nitrogens with zero attached hydrogens (tertiary/aromatic N) is 2. The van der Waals surface area contributed by atoms with Crippen molar-refractivity contribution in [2.75, 3.05) is 11.9 Å². The third-order valence-corrected chi connectivity index (χ3v) is 3.36. The second-order valence-electron chi connectivity index (χ2n) is 4.57. The summed E-state index contributed by atoms with van der Waals surface area (Å²) in [5, 5.41) is 12.9. The predicted molar refractivity (Wildman–Crippen MR) is 63.3 cm³/mol. The Kier molecular flexibility index (Phi) is 3.39. The van der Waals surface area contributed by atoms with Crippen molar-refractivity contribution in [2.45, 2.75) is 39.2 Å². The zero-order valence-electron chi connectivity index (χ0n) is 9.90. The molecule has 2 rings (SSSR count). The van der Waals surface area contributed by atoms with E-state index in [1.165, 1.54) is 0 Å². The van der Waals surface area contributed by atoms with E-state index in [1.807, 2.05) is 13.8 Å². The van der Waals surface area contributed by atoms with Gasteiger partial charge in [-0.1, -0.05) is 6.42 Å². The summed E-state index contributed by atoms with van der Waals surface area (Å²) in [6.07, 6.45) is 4.78. The van der Waals surface area contributed by atoms with Crippen LogP contribution in [0.15, 0.2) is 6.20 Å². The third-order valence-electron chi connectivity index (χ3n) is 3.36. The molecule has 1 saturated carbocycles. The first kappa shape index (κ1) is 11.3. The van der Waals surface area contributed by atoms with Gasteiger partial charge in [-0.2, -0.15) is 0 Å². The molecule has 1 aromatic heterocycles. The SMILES string of the molecule is Cc1ncc(NCC2CCCC2O)nc1C. The third kappa shape index (κ3) is 2.50. The standard InChI is InChI=1S/C12H19N3O/c1-8-9(2)15-12(7-13-8)14-6-10-4-3-5-11(10)16/h7,10-11,16H,3-6H2,1-2H3,(H,14,15). The number of hydrogen-bond acceptors (Lipinski definition) is 4. The second kappa shape index (κ2) is 4.78. The van der Waals surface area contributed by atoms with Crippen LogP contribution in [0.1, 0.15) is 30.7 Å². The van der Waals surface area contributed by atoms with E-state index in [0.29, 0.717) is 5.92 Å². The average molecular weight is 221 g/mol. The first-order chi connectivity index (χ1) is 7.66. The van der Waals surface area contributed by atoms with Crippen molar-refractivity contribution in [1.82, 2.24) is 9.97 Å². The van der Waals surface area contributed by atoms with Gasteiger partial charge >= 0.3 is 0 Å². The summed E-state index contributed by atoms with van der Waals surface area (Å²) in [4.78, 5) is 8.66. The number of aryl methyl sites for hydroxylation is 2. The maximum absolute atomic E-state index is 9.69. The lowest BCUT2D eigenvalue weighted by Crippen LogP contribution is -2.22. The van der Waals surface area contributed by atoms with Crippen LogP contribution < -0.4 is 5.32 Å². The van der Waals surface area contributed by atoms with E-state index in [9.17, 15) is 5.11 Å². The highest BCUT2D eigenvalue weighted by Crippen LogP contribution is 2.25. The van der Waals surface area contributed by atoms with Crippen molar-refractivity contribution in [1.29, 1.82) is 0 Å². The van der Waals surface area contributed by atoms with E-state index < -0.39 is 0 Å². The number of aliphatic hydroxyl groups is 1. The van der Waals surface area contributed by atoms with Gasteiger partial charge in [-0.3, -0.25) is 4.98 Å². The van der Waals surface area contributed by atoms with Crippen molar-refractivity contribution in [3.05, 3.63) is 17.6 Å². The predicted octanol–water partition coefficient (Wildman–Crippen LogP) is 1.67. The van der Waals surface area contributed by atoms with E-state index >= 15 is 0 Å². The normalized spacial score (nSPS) is 24.7. The van der Waals surface area contributed by atoms with Crippen molar-refractivity contribution >= 4 is 5.82 Å². The first-order valence-corrected chi connectivity index (χ1v) is 5.89. The number of anilines is 1. The molecular weight excluding hydrogens is 202 g/mol. The molecule has 1 aromatic rings. The van der Waals surface area contributed by atoms with E-state index in [0.717, 1.165) is 43.0 Å². The summed E-state index contributed by atoms with van der Waals surface area (Å²) in [7, 11) is 0. The highest BCUT2D eigenvalue weighted by Gasteiger charge is 2.24. The Balaban J connectivity index is 1.91. The second-order valence-corrected chi connectivity index (χ2v) is 4.57. The van der Waals surface area contributed by atoms with E-state index in [4.69, 9.17) is 0 Å². The summed E-state index contributed by atoms with van der Waals surface area (Å²) < 4.78 is 0. The van der Waals surface area contributed by atoms with Gasteiger partial charge < -0.3 is 10.4 Å². The van der Waals surface area contributed by atoms with Crippen LogP contribution in [0.2, 0.25) is 0 Å². The molecule has 0 saturated heterocycles. The van der Waals surface area contributed by atoms with Gasteiger partial charge in [0.15, 0.2) is 0 Å². The molecule has 0 radical (unpaired) electrons. The fourth-order valence-corrected chi connectivity index (χ4v) is 2.12. The molecule has 88 valence electrons. The number of hydrogen-bond donors (Lipinski definition) is 2. The molecule has 0 spiro atoms. The maximum Gasteiger partial charge on any atom is 0.144 e. The Morgan fingerprint density at radius 3 is 2.81 bits per heavy atom. The zero-order valence-corrected chi connectivity index (χ0v) is 9.90. The minimum absolute atomic E-state index is 0.146. The molecule has 0 aliphatic heterocycles. The summed E-state index contributed by atoms with van der Waals surface area (Å²) in [6.45, 7) is 4.70. The van der Waals surface area contributed by atoms with Gasteiger partial charge in [0.25, 0.3) is 0 Å². The molecule has 0 amide bonds. The van der Waals surface area contributed by atoms with Gasteiger partial charge in [0.2, 0.25) is 0 Å². The van der Waals surface area contributed by atoms with Crippen LogP contribution in [-0.4, -0.2) is 27.7 Å². The molecule has 2 atom stereocenters. The molecule has 16 heavy (non-hydrogen) atoms. The Morgan fingerprint density at radius 1 is 1.38 bits per heavy atom. The lowest BCUT2D eigenvalue weighted by molar-refractivity contribution is 0.138. The Labute approximate surface area is 96.1 Å². The molecule has 1 aliphatic rings. The zero-order chi connectivity index (χ0) is 11.5. The number of aliphatic hydroxyl groups excluding tert-OH is 1. The molecule has 1 fully saturated rings. The van der Waals surface area contributed by atoms with Crippen LogP contribution in [-0.2, 0) is 0 Å². The van der Waals surface area contributed by atoms with Crippen LogP contribution >= 0.6 is 0 Å². The molecule has 2 unspecified atom stereocenters. The fourth-order valence-electron chi connectivity index (χ4n) is 2.12. The summed E-state index contributed by atoms with van der Waals surface area (Å²) in [5.74, 6) is 1.17. The van der Waals surface area contributed by atoms with Crippen molar-refractivity contribution in [3.8, 4) is 0 Å². The first-order valence-electron chi connectivity index (χ1n) is 5.89. The molecule has 4 heteroatoms. The van der Waals surface area contributed by atoms with Gasteiger partial charge in [0.1, 0.15) is 5.82 Å². The van der Waals surface area contributed by atoms with Crippen LogP contribution in [0.3, 0.4) is 0 Å². The minimum Gasteiger partial charge on any atom is -0.393 e. The summed E-state index contributed by atoms with van der Waals surface area (Å²) >= 11 is 0. The van der Waals surface area contributed by atoms with Crippen molar-refractivity contribution in [2.24, 2.45) is 5.92 Å². The monoisotopic (exact) mass is 221 g/mol. The van der Waals surface area contributed by atoms with E-state index in [1.54, 1.807) is 6.20 Å². The topological polar surface area (TPSA) is 58.0 Å². The van der Waals surface area contributed by atoms with Gasteiger partial charge in [0.05, 0.1) is 23.7 Å². The summed E-state index contributed by atoms with van der Waals surface area (Å²) in [5.41, 5.74) is 1.92.